The molecule has 1 saturated carbocycles. The second-order valence-corrected chi connectivity index (χ2v) is 4.93. The Labute approximate surface area is 93.8 Å². The molecule has 0 spiro atoms. The predicted octanol–water partition coefficient (Wildman–Crippen LogP) is -1.04. The van der Waals surface area contributed by atoms with E-state index in [1.807, 2.05) is 0 Å². The van der Waals surface area contributed by atoms with E-state index in [4.69, 9.17) is 5.11 Å². The molecule has 3 fully saturated rings. The van der Waals surface area contributed by atoms with Crippen LogP contribution in [0.5, 0.6) is 0 Å². The standard InChI is InChI=1S/C11H16N2O3/c14-5-7-8-9(7)11(16)13(10(8)15)6-1-3-12-4-2-6/h6-9,12,14H,1-5H2. The second-order valence-electron chi connectivity index (χ2n) is 4.93. The van der Waals surface area contributed by atoms with Crippen LogP contribution in [0.15, 0.2) is 0 Å². The number of carbonyl (C=O) groups is 2. The van der Waals surface area contributed by atoms with Crippen molar-refractivity contribution < 1.29 is 14.7 Å². The van der Waals surface area contributed by atoms with Gasteiger partial charge in [0.05, 0.1) is 11.8 Å². The molecule has 0 aromatic heterocycles. The average Bonchev–Trinajstić information content (AvgIpc) is 2.98. The number of nitrogens with one attached hydrogen (secondary N) is 1. The van der Waals surface area contributed by atoms with Gasteiger partial charge < -0.3 is 10.4 Å². The zero-order chi connectivity index (χ0) is 11.3. The molecule has 5 heteroatoms. The Kier molecular flexibility index (Phi) is 2.26. The maximum absolute atomic E-state index is 12.0. The van der Waals surface area contributed by atoms with Crippen LogP contribution in [0.2, 0.25) is 0 Å². The van der Waals surface area contributed by atoms with Gasteiger partial charge in [0.2, 0.25) is 11.8 Å². The van der Waals surface area contributed by atoms with Gasteiger partial charge in [-0.15, -0.1) is 0 Å². The fourth-order valence-corrected chi connectivity index (χ4v) is 3.13. The summed E-state index contributed by atoms with van der Waals surface area (Å²) in [6, 6.07) is 0.0911. The number of piperidine rings is 2. The summed E-state index contributed by atoms with van der Waals surface area (Å²) in [5.74, 6) is -0.570. The number of aliphatic hydroxyl groups excluding tert-OH is 1. The van der Waals surface area contributed by atoms with Gasteiger partial charge in [-0.3, -0.25) is 14.5 Å². The van der Waals surface area contributed by atoms with Crippen molar-refractivity contribution in [2.75, 3.05) is 19.7 Å². The molecule has 0 aromatic carbocycles. The van der Waals surface area contributed by atoms with E-state index >= 15 is 0 Å². The van der Waals surface area contributed by atoms with Crippen LogP contribution in [0.25, 0.3) is 0 Å². The Morgan fingerprint density at radius 3 is 2.25 bits per heavy atom. The van der Waals surface area contributed by atoms with Gasteiger partial charge in [0.1, 0.15) is 0 Å². The highest BCUT2D eigenvalue weighted by Gasteiger charge is 2.67. The summed E-state index contributed by atoms with van der Waals surface area (Å²) in [4.78, 5) is 25.5. The molecule has 0 aromatic rings. The van der Waals surface area contributed by atoms with E-state index in [9.17, 15) is 9.59 Å². The van der Waals surface area contributed by atoms with Crippen LogP contribution < -0.4 is 5.32 Å². The molecule has 2 N–H and O–H groups in total. The van der Waals surface area contributed by atoms with Crippen molar-refractivity contribution in [3.8, 4) is 0 Å². The van der Waals surface area contributed by atoms with Gasteiger partial charge >= 0.3 is 0 Å². The molecule has 2 amide bonds. The Bertz CT molecular complexity index is 316. The quantitative estimate of drug-likeness (QED) is 0.588. The summed E-state index contributed by atoms with van der Waals surface area (Å²) in [6.45, 7) is 1.72. The van der Waals surface area contributed by atoms with Crippen LogP contribution in [0.1, 0.15) is 12.8 Å². The molecule has 2 aliphatic heterocycles. The van der Waals surface area contributed by atoms with Crippen molar-refractivity contribution in [2.24, 2.45) is 17.8 Å². The van der Waals surface area contributed by atoms with Gasteiger partial charge in [-0.25, -0.2) is 0 Å². The zero-order valence-electron chi connectivity index (χ0n) is 9.06. The molecule has 3 aliphatic rings. The van der Waals surface area contributed by atoms with Gasteiger partial charge in [0.15, 0.2) is 0 Å². The smallest absolute Gasteiger partial charge is 0.233 e. The van der Waals surface area contributed by atoms with Gasteiger partial charge in [-0.05, 0) is 25.9 Å². The largest absolute Gasteiger partial charge is 0.396 e. The number of rotatable bonds is 2. The van der Waals surface area contributed by atoms with Crippen molar-refractivity contribution in [3.05, 3.63) is 0 Å². The lowest BCUT2D eigenvalue weighted by Crippen LogP contribution is -2.48. The first kappa shape index (κ1) is 10.2. The Hall–Kier alpha value is -0.940. The first-order chi connectivity index (χ1) is 7.75. The average molecular weight is 224 g/mol. The van der Waals surface area contributed by atoms with E-state index in [2.05, 4.69) is 5.32 Å². The number of amides is 2. The molecule has 0 radical (unpaired) electrons. The van der Waals surface area contributed by atoms with Crippen LogP contribution in [0.3, 0.4) is 0 Å². The molecule has 2 atom stereocenters. The lowest BCUT2D eigenvalue weighted by atomic mass is 10.0. The molecule has 2 saturated heterocycles. The maximum Gasteiger partial charge on any atom is 0.233 e. The van der Waals surface area contributed by atoms with E-state index in [-0.39, 0.29) is 42.2 Å². The summed E-state index contributed by atoms with van der Waals surface area (Å²) in [5, 5.41) is 12.2. The van der Waals surface area contributed by atoms with Crippen molar-refractivity contribution in [3.63, 3.8) is 0 Å². The fraction of sp³-hybridized carbons (Fsp3) is 0.818. The van der Waals surface area contributed by atoms with Crippen LogP contribution in [-0.2, 0) is 9.59 Å². The third-order valence-corrected chi connectivity index (χ3v) is 4.10. The lowest BCUT2D eigenvalue weighted by molar-refractivity contribution is -0.145. The van der Waals surface area contributed by atoms with Gasteiger partial charge in [0, 0.05) is 18.6 Å². The highest BCUT2D eigenvalue weighted by atomic mass is 16.3. The van der Waals surface area contributed by atoms with Crippen LogP contribution in [-0.4, -0.2) is 47.6 Å². The third-order valence-electron chi connectivity index (χ3n) is 4.10. The number of aliphatic hydroxyl groups is 1. The summed E-state index contributed by atoms with van der Waals surface area (Å²) >= 11 is 0. The molecule has 2 unspecified atom stereocenters. The first-order valence-electron chi connectivity index (χ1n) is 5.94. The number of likely N-dealkylation sites (tertiary alicyclic amines) is 1. The van der Waals surface area contributed by atoms with Crippen LogP contribution in [0.4, 0.5) is 0 Å². The highest BCUT2D eigenvalue weighted by Crippen LogP contribution is 2.53. The molecule has 2 heterocycles. The summed E-state index contributed by atoms with van der Waals surface area (Å²) in [6.07, 6.45) is 1.72. The van der Waals surface area contributed by atoms with Crippen molar-refractivity contribution >= 4 is 11.8 Å². The van der Waals surface area contributed by atoms with Crippen LogP contribution in [0, 0.1) is 17.8 Å². The molecular formula is C11H16N2O3. The van der Waals surface area contributed by atoms with E-state index in [1.54, 1.807) is 0 Å². The third kappa shape index (κ3) is 1.25. The van der Waals surface area contributed by atoms with Gasteiger partial charge in [0.25, 0.3) is 0 Å². The van der Waals surface area contributed by atoms with Gasteiger partial charge in [-0.2, -0.15) is 0 Å². The molecular weight excluding hydrogens is 208 g/mol. The minimum absolute atomic E-state index is 0.0348. The minimum Gasteiger partial charge on any atom is -0.396 e. The molecule has 5 nitrogen and oxygen atoms in total. The molecule has 88 valence electrons. The summed E-state index contributed by atoms with van der Waals surface area (Å²) in [5.41, 5.74) is 0. The monoisotopic (exact) mass is 224 g/mol. The first-order valence-corrected chi connectivity index (χ1v) is 5.94. The van der Waals surface area contributed by atoms with E-state index in [0.717, 1.165) is 25.9 Å². The molecule has 1 aliphatic carbocycles. The minimum atomic E-state index is -0.201. The number of hydrogen-bond donors (Lipinski definition) is 2. The number of imide groups is 1. The van der Waals surface area contributed by atoms with E-state index < -0.39 is 0 Å². The van der Waals surface area contributed by atoms with Crippen molar-refractivity contribution in [1.29, 1.82) is 0 Å². The fourth-order valence-electron chi connectivity index (χ4n) is 3.13. The van der Waals surface area contributed by atoms with E-state index in [1.165, 1.54) is 4.90 Å². The normalized spacial score (nSPS) is 39.1. The SMILES string of the molecule is O=C1C2C(CO)C2C(=O)N1C1CCNCC1. The van der Waals surface area contributed by atoms with Crippen molar-refractivity contribution in [2.45, 2.75) is 18.9 Å². The summed E-state index contributed by atoms with van der Waals surface area (Å²) < 4.78 is 0. The number of fused-ring (bicyclic) bond motifs is 1. The molecule has 16 heavy (non-hydrogen) atoms. The van der Waals surface area contributed by atoms with Crippen LogP contribution >= 0.6 is 0 Å². The lowest BCUT2D eigenvalue weighted by Gasteiger charge is -2.31. The number of hydrogen-bond acceptors (Lipinski definition) is 4. The highest BCUT2D eigenvalue weighted by molar-refractivity contribution is 6.09. The topological polar surface area (TPSA) is 69.6 Å². The predicted molar refractivity (Wildman–Crippen MR) is 55.3 cm³/mol. The Morgan fingerprint density at radius 2 is 1.75 bits per heavy atom. The number of carbonyl (C=O) groups excluding carboxylic acids is 2. The number of nitrogens with zero attached hydrogens (tertiary/aromatic N) is 1. The van der Waals surface area contributed by atoms with Gasteiger partial charge in [-0.1, -0.05) is 0 Å². The Morgan fingerprint density at radius 1 is 1.19 bits per heavy atom. The second kappa shape index (κ2) is 3.53. The Balaban J connectivity index is 1.74. The van der Waals surface area contributed by atoms with E-state index in [0.29, 0.717) is 0 Å². The maximum atomic E-state index is 12.0. The van der Waals surface area contributed by atoms with Crippen molar-refractivity contribution in [1.82, 2.24) is 10.2 Å². The zero-order valence-corrected chi connectivity index (χ0v) is 9.06. The summed E-state index contributed by atoms with van der Waals surface area (Å²) in [7, 11) is 0. The molecule has 0 bridgehead atoms. The molecule has 3 rings (SSSR count).